The van der Waals surface area contributed by atoms with Crippen molar-refractivity contribution >= 4 is 23.1 Å². The third-order valence-corrected chi connectivity index (χ3v) is 3.48. The Kier molecular flexibility index (Phi) is 4.52. The van der Waals surface area contributed by atoms with Crippen LogP contribution in [0.1, 0.15) is 21.6 Å². The highest BCUT2D eigenvalue weighted by atomic mass is 16.1. The van der Waals surface area contributed by atoms with Crippen LogP contribution >= 0.6 is 0 Å². The largest absolute Gasteiger partial charge is 0.339 e. The van der Waals surface area contributed by atoms with Gasteiger partial charge in [-0.15, -0.1) is 0 Å². The van der Waals surface area contributed by atoms with Crippen molar-refractivity contribution in [2.45, 2.75) is 13.8 Å². The van der Waals surface area contributed by atoms with Gasteiger partial charge in [-0.25, -0.2) is 9.97 Å². The molecule has 0 radical (unpaired) electrons. The summed E-state index contributed by atoms with van der Waals surface area (Å²) in [7, 11) is 0. The molecule has 1 amide bonds. The number of hydrogen-bond acceptors (Lipinski definition) is 4. The van der Waals surface area contributed by atoms with E-state index in [1.165, 1.54) is 6.20 Å². The molecule has 1 heterocycles. The summed E-state index contributed by atoms with van der Waals surface area (Å²) in [5.41, 5.74) is 4.22. The summed E-state index contributed by atoms with van der Waals surface area (Å²) in [5.74, 6) is 0.306. The van der Waals surface area contributed by atoms with Crippen LogP contribution in [0.3, 0.4) is 0 Å². The molecule has 0 atom stereocenters. The molecule has 2 aromatic carbocycles. The molecule has 0 unspecified atom stereocenters. The summed E-state index contributed by atoms with van der Waals surface area (Å²) in [6.45, 7) is 4.02. The molecule has 24 heavy (non-hydrogen) atoms. The molecular formula is C19H18N4O. The minimum atomic E-state index is -0.284. The monoisotopic (exact) mass is 318 g/mol. The molecular weight excluding hydrogens is 300 g/mol. The van der Waals surface area contributed by atoms with E-state index < -0.39 is 0 Å². The lowest BCUT2D eigenvalue weighted by molar-refractivity contribution is 0.102. The SMILES string of the molecule is Cc1ccc(NC(=O)c2cnc(Nc3cccc(C)c3)cn2)cc1. The molecule has 3 rings (SSSR count). The Morgan fingerprint density at radius 1 is 0.875 bits per heavy atom. The van der Waals surface area contributed by atoms with Gasteiger partial charge in [-0.1, -0.05) is 29.8 Å². The second kappa shape index (κ2) is 6.91. The van der Waals surface area contributed by atoms with Gasteiger partial charge < -0.3 is 10.6 Å². The summed E-state index contributed by atoms with van der Waals surface area (Å²) in [6.07, 6.45) is 3.01. The first-order chi connectivity index (χ1) is 11.6. The van der Waals surface area contributed by atoms with Crippen molar-refractivity contribution in [2.75, 3.05) is 10.6 Å². The van der Waals surface area contributed by atoms with Crippen molar-refractivity contribution in [3.8, 4) is 0 Å². The van der Waals surface area contributed by atoms with E-state index in [0.29, 0.717) is 5.82 Å². The molecule has 0 aliphatic heterocycles. The first kappa shape index (κ1) is 15.7. The number of rotatable bonds is 4. The van der Waals surface area contributed by atoms with Gasteiger partial charge in [-0.3, -0.25) is 4.79 Å². The van der Waals surface area contributed by atoms with Crippen LogP contribution in [0.15, 0.2) is 60.9 Å². The van der Waals surface area contributed by atoms with Crippen molar-refractivity contribution in [3.05, 3.63) is 77.7 Å². The van der Waals surface area contributed by atoms with Gasteiger partial charge in [0.2, 0.25) is 0 Å². The number of aryl methyl sites for hydroxylation is 2. The number of carbonyl (C=O) groups is 1. The molecule has 5 heteroatoms. The maximum Gasteiger partial charge on any atom is 0.275 e. The van der Waals surface area contributed by atoms with Crippen molar-refractivity contribution in [1.29, 1.82) is 0 Å². The van der Waals surface area contributed by atoms with Crippen molar-refractivity contribution in [2.24, 2.45) is 0 Å². The van der Waals surface area contributed by atoms with Gasteiger partial charge in [0.05, 0.1) is 12.4 Å². The lowest BCUT2D eigenvalue weighted by Crippen LogP contribution is -2.14. The minimum absolute atomic E-state index is 0.269. The molecule has 5 nitrogen and oxygen atoms in total. The Bertz CT molecular complexity index is 842. The summed E-state index contributed by atoms with van der Waals surface area (Å²) in [4.78, 5) is 20.6. The third kappa shape index (κ3) is 3.95. The Hall–Kier alpha value is -3.21. The molecule has 0 aliphatic carbocycles. The zero-order valence-corrected chi connectivity index (χ0v) is 13.6. The molecule has 0 saturated heterocycles. The minimum Gasteiger partial charge on any atom is -0.339 e. The standard InChI is InChI=1S/C19H18N4O/c1-13-6-8-15(9-7-13)23-19(24)17-11-21-18(12-20-17)22-16-5-3-4-14(2)10-16/h3-12H,1-2H3,(H,21,22)(H,23,24). The summed E-state index contributed by atoms with van der Waals surface area (Å²) in [6, 6.07) is 15.5. The number of nitrogens with one attached hydrogen (secondary N) is 2. The Morgan fingerprint density at radius 2 is 1.67 bits per heavy atom. The molecule has 0 saturated carbocycles. The lowest BCUT2D eigenvalue weighted by atomic mass is 10.2. The van der Waals surface area contributed by atoms with Gasteiger partial charge in [0.1, 0.15) is 11.5 Å². The number of anilines is 3. The molecule has 0 bridgehead atoms. The molecule has 0 aliphatic rings. The fourth-order valence-corrected chi connectivity index (χ4v) is 2.21. The van der Waals surface area contributed by atoms with E-state index in [9.17, 15) is 4.79 Å². The fourth-order valence-electron chi connectivity index (χ4n) is 2.21. The lowest BCUT2D eigenvalue weighted by Gasteiger charge is -2.07. The average molecular weight is 318 g/mol. The maximum absolute atomic E-state index is 12.2. The quantitative estimate of drug-likeness (QED) is 0.760. The Balaban J connectivity index is 1.67. The highest BCUT2D eigenvalue weighted by Gasteiger charge is 2.08. The van der Waals surface area contributed by atoms with E-state index >= 15 is 0 Å². The van der Waals surface area contributed by atoms with Gasteiger partial charge >= 0.3 is 0 Å². The summed E-state index contributed by atoms with van der Waals surface area (Å²) < 4.78 is 0. The summed E-state index contributed by atoms with van der Waals surface area (Å²) in [5, 5.41) is 5.96. The number of benzene rings is 2. The first-order valence-corrected chi connectivity index (χ1v) is 7.64. The van der Waals surface area contributed by atoms with Crippen LogP contribution in [0, 0.1) is 13.8 Å². The fraction of sp³-hybridized carbons (Fsp3) is 0.105. The highest BCUT2D eigenvalue weighted by Crippen LogP contribution is 2.15. The Morgan fingerprint density at radius 3 is 2.33 bits per heavy atom. The van der Waals surface area contributed by atoms with Crippen LogP contribution in [0.5, 0.6) is 0 Å². The van der Waals surface area contributed by atoms with Crippen LogP contribution in [-0.2, 0) is 0 Å². The number of amides is 1. The first-order valence-electron chi connectivity index (χ1n) is 7.64. The topological polar surface area (TPSA) is 66.9 Å². The number of aromatic nitrogens is 2. The van der Waals surface area contributed by atoms with E-state index in [1.807, 2.05) is 62.4 Å². The van der Waals surface area contributed by atoms with E-state index in [-0.39, 0.29) is 11.6 Å². The normalized spacial score (nSPS) is 10.2. The van der Waals surface area contributed by atoms with Crippen LogP contribution < -0.4 is 10.6 Å². The molecule has 120 valence electrons. The van der Waals surface area contributed by atoms with Crippen molar-refractivity contribution < 1.29 is 4.79 Å². The predicted octanol–water partition coefficient (Wildman–Crippen LogP) is 4.09. The van der Waals surface area contributed by atoms with Gasteiger partial charge in [0, 0.05) is 11.4 Å². The Labute approximate surface area is 140 Å². The number of hydrogen-bond donors (Lipinski definition) is 2. The number of carbonyl (C=O) groups excluding carboxylic acids is 1. The molecule has 0 fully saturated rings. The van der Waals surface area contributed by atoms with E-state index in [1.54, 1.807) is 6.20 Å². The van der Waals surface area contributed by atoms with Crippen LogP contribution in [0.2, 0.25) is 0 Å². The second-order valence-electron chi connectivity index (χ2n) is 5.60. The smallest absolute Gasteiger partial charge is 0.275 e. The van der Waals surface area contributed by atoms with Crippen LogP contribution in [0.25, 0.3) is 0 Å². The zero-order chi connectivity index (χ0) is 16.9. The third-order valence-electron chi connectivity index (χ3n) is 3.48. The van der Waals surface area contributed by atoms with E-state index in [0.717, 1.165) is 22.5 Å². The van der Waals surface area contributed by atoms with Crippen LogP contribution in [0.4, 0.5) is 17.2 Å². The predicted molar refractivity (Wildman–Crippen MR) is 95.6 cm³/mol. The number of nitrogens with zero attached hydrogens (tertiary/aromatic N) is 2. The van der Waals surface area contributed by atoms with Crippen LogP contribution in [-0.4, -0.2) is 15.9 Å². The molecule has 1 aromatic heterocycles. The van der Waals surface area contributed by atoms with E-state index in [2.05, 4.69) is 20.6 Å². The molecule has 2 N–H and O–H groups in total. The zero-order valence-electron chi connectivity index (χ0n) is 13.6. The van der Waals surface area contributed by atoms with Gasteiger partial charge in [0.25, 0.3) is 5.91 Å². The average Bonchev–Trinajstić information content (AvgIpc) is 2.57. The van der Waals surface area contributed by atoms with Gasteiger partial charge in [0.15, 0.2) is 0 Å². The second-order valence-corrected chi connectivity index (χ2v) is 5.60. The molecule has 3 aromatic rings. The van der Waals surface area contributed by atoms with Gasteiger partial charge in [-0.05, 0) is 43.7 Å². The van der Waals surface area contributed by atoms with Gasteiger partial charge in [-0.2, -0.15) is 0 Å². The molecule has 0 spiro atoms. The maximum atomic E-state index is 12.2. The van der Waals surface area contributed by atoms with Crippen molar-refractivity contribution in [1.82, 2.24) is 9.97 Å². The summed E-state index contributed by atoms with van der Waals surface area (Å²) >= 11 is 0. The van der Waals surface area contributed by atoms with Crippen molar-refractivity contribution in [3.63, 3.8) is 0 Å². The highest BCUT2D eigenvalue weighted by molar-refractivity contribution is 6.02. The van der Waals surface area contributed by atoms with E-state index in [4.69, 9.17) is 0 Å².